The van der Waals surface area contributed by atoms with Crippen LogP contribution in [-0.4, -0.2) is 43.3 Å². The SMILES string of the molecule is COc1ccc(-c2ccccc2)cc1NC(=S)N1CCN(c2ccc(F)cc2)CC1. The lowest BCUT2D eigenvalue weighted by Crippen LogP contribution is -2.50. The number of halogens is 1. The predicted molar refractivity (Wildman–Crippen MR) is 125 cm³/mol. The van der Waals surface area contributed by atoms with Crippen LogP contribution in [-0.2, 0) is 0 Å². The van der Waals surface area contributed by atoms with Gasteiger partial charge in [-0.15, -0.1) is 0 Å². The second-order valence-corrected chi connectivity index (χ2v) is 7.55. The second-order valence-electron chi connectivity index (χ2n) is 7.16. The summed E-state index contributed by atoms with van der Waals surface area (Å²) >= 11 is 5.69. The number of piperazine rings is 1. The number of hydrogen-bond donors (Lipinski definition) is 1. The minimum atomic E-state index is -0.213. The van der Waals surface area contributed by atoms with Crippen LogP contribution >= 0.6 is 12.2 Å². The highest BCUT2D eigenvalue weighted by atomic mass is 32.1. The van der Waals surface area contributed by atoms with Gasteiger partial charge >= 0.3 is 0 Å². The van der Waals surface area contributed by atoms with Crippen molar-refractivity contribution >= 4 is 28.7 Å². The number of nitrogens with zero attached hydrogens (tertiary/aromatic N) is 2. The van der Waals surface area contributed by atoms with Crippen LogP contribution < -0.4 is 15.0 Å². The monoisotopic (exact) mass is 421 g/mol. The fourth-order valence-electron chi connectivity index (χ4n) is 3.63. The number of nitrogens with one attached hydrogen (secondary N) is 1. The Balaban J connectivity index is 1.43. The Morgan fingerprint density at radius 3 is 2.27 bits per heavy atom. The van der Waals surface area contributed by atoms with Gasteiger partial charge in [-0.2, -0.15) is 0 Å². The van der Waals surface area contributed by atoms with Crippen molar-refractivity contribution in [2.24, 2.45) is 0 Å². The average Bonchev–Trinajstić information content (AvgIpc) is 2.80. The predicted octanol–water partition coefficient (Wildman–Crippen LogP) is 5.02. The van der Waals surface area contributed by atoms with Crippen LogP contribution in [0.3, 0.4) is 0 Å². The molecule has 0 atom stereocenters. The number of thiocarbonyl (C=S) groups is 1. The summed E-state index contributed by atoms with van der Waals surface area (Å²) in [5, 5.41) is 4.05. The lowest BCUT2D eigenvalue weighted by molar-refractivity contribution is 0.390. The highest BCUT2D eigenvalue weighted by molar-refractivity contribution is 7.80. The van der Waals surface area contributed by atoms with E-state index in [0.29, 0.717) is 5.11 Å². The smallest absolute Gasteiger partial charge is 0.173 e. The van der Waals surface area contributed by atoms with Crippen molar-refractivity contribution in [3.8, 4) is 16.9 Å². The van der Waals surface area contributed by atoms with Gasteiger partial charge in [-0.3, -0.25) is 0 Å². The van der Waals surface area contributed by atoms with Crippen LogP contribution in [0.5, 0.6) is 5.75 Å². The van der Waals surface area contributed by atoms with E-state index >= 15 is 0 Å². The molecule has 4 nitrogen and oxygen atoms in total. The van der Waals surface area contributed by atoms with Crippen LogP contribution in [0.2, 0.25) is 0 Å². The fourth-order valence-corrected chi connectivity index (χ4v) is 3.92. The van der Waals surface area contributed by atoms with E-state index in [9.17, 15) is 4.39 Å². The van der Waals surface area contributed by atoms with Crippen molar-refractivity contribution in [1.29, 1.82) is 0 Å². The molecule has 1 saturated heterocycles. The van der Waals surface area contributed by atoms with Crippen molar-refractivity contribution in [3.63, 3.8) is 0 Å². The first-order valence-electron chi connectivity index (χ1n) is 9.94. The molecule has 1 heterocycles. The molecule has 0 aromatic heterocycles. The number of ether oxygens (including phenoxy) is 1. The zero-order valence-corrected chi connectivity index (χ0v) is 17.7. The molecule has 3 aromatic carbocycles. The van der Waals surface area contributed by atoms with E-state index in [1.165, 1.54) is 12.1 Å². The molecular formula is C24H24FN3OS. The number of rotatable bonds is 4. The molecule has 4 rings (SSSR count). The van der Waals surface area contributed by atoms with Gasteiger partial charge in [-0.25, -0.2) is 4.39 Å². The molecule has 1 fully saturated rings. The third-order valence-corrected chi connectivity index (χ3v) is 5.67. The van der Waals surface area contributed by atoms with Crippen LogP contribution in [0.15, 0.2) is 72.8 Å². The molecule has 0 radical (unpaired) electrons. The number of methoxy groups -OCH3 is 1. The Labute approximate surface area is 181 Å². The van der Waals surface area contributed by atoms with E-state index in [0.717, 1.165) is 54.4 Å². The topological polar surface area (TPSA) is 27.7 Å². The Morgan fingerprint density at radius 2 is 1.60 bits per heavy atom. The Morgan fingerprint density at radius 1 is 0.900 bits per heavy atom. The standard InChI is InChI=1S/C24H24FN3OS/c1-29-23-12-7-19(18-5-3-2-4-6-18)17-22(23)26-24(30)28-15-13-27(14-16-28)21-10-8-20(25)9-11-21/h2-12,17H,13-16H2,1H3,(H,26,30). The summed E-state index contributed by atoms with van der Waals surface area (Å²) in [4.78, 5) is 4.40. The summed E-state index contributed by atoms with van der Waals surface area (Å²) in [7, 11) is 1.66. The molecule has 1 aliphatic rings. The van der Waals surface area contributed by atoms with Crippen LogP contribution in [0.4, 0.5) is 15.8 Å². The molecule has 0 aliphatic carbocycles. The molecule has 154 valence electrons. The molecule has 1 aliphatic heterocycles. The molecule has 6 heteroatoms. The van der Waals surface area contributed by atoms with Gasteiger partial charge in [0, 0.05) is 31.9 Å². The van der Waals surface area contributed by atoms with Gasteiger partial charge in [0.15, 0.2) is 5.11 Å². The van der Waals surface area contributed by atoms with E-state index < -0.39 is 0 Å². The Hall–Kier alpha value is -3.12. The summed E-state index contributed by atoms with van der Waals surface area (Å²) in [5.74, 6) is 0.538. The van der Waals surface area contributed by atoms with Crippen molar-refractivity contribution in [2.45, 2.75) is 0 Å². The largest absolute Gasteiger partial charge is 0.495 e. The maximum atomic E-state index is 13.2. The summed E-state index contributed by atoms with van der Waals surface area (Å²) in [6, 6.07) is 22.9. The first kappa shape index (κ1) is 20.2. The van der Waals surface area contributed by atoms with Gasteiger partial charge in [-0.05, 0) is 59.7 Å². The first-order valence-corrected chi connectivity index (χ1v) is 10.3. The summed E-state index contributed by atoms with van der Waals surface area (Å²) in [6.07, 6.45) is 0. The van der Waals surface area contributed by atoms with Crippen molar-refractivity contribution in [1.82, 2.24) is 4.90 Å². The number of hydrogen-bond acceptors (Lipinski definition) is 3. The van der Waals surface area contributed by atoms with Gasteiger partial charge in [-0.1, -0.05) is 36.4 Å². The third kappa shape index (κ3) is 4.54. The first-order chi connectivity index (χ1) is 14.6. The van der Waals surface area contributed by atoms with Gasteiger partial charge in [0.25, 0.3) is 0 Å². The van der Waals surface area contributed by atoms with Crippen molar-refractivity contribution < 1.29 is 9.13 Å². The van der Waals surface area contributed by atoms with Gasteiger partial charge in [0.05, 0.1) is 12.8 Å². The van der Waals surface area contributed by atoms with Gasteiger partial charge in [0.1, 0.15) is 11.6 Å². The lowest BCUT2D eigenvalue weighted by Gasteiger charge is -2.37. The van der Waals surface area contributed by atoms with E-state index in [2.05, 4.69) is 33.3 Å². The normalized spacial score (nSPS) is 13.8. The molecular weight excluding hydrogens is 397 g/mol. The van der Waals surface area contributed by atoms with E-state index in [-0.39, 0.29) is 5.82 Å². The highest BCUT2D eigenvalue weighted by Gasteiger charge is 2.20. The maximum absolute atomic E-state index is 13.2. The molecule has 0 saturated carbocycles. The van der Waals surface area contributed by atoms with E-state index in [1.54, 1.807) is 7.11 Å². The van der Waals surface area contributed by atoms with Crippen molar-refractivity contribution in [3.05, 3.63) is 78.6 Å². The molecule has 1 N–H and O–H groups in total. The fraction of sp³-hybridized carbons (Fsp3) is 0.208. The summed E-state index contributed by atoms with van der Waals surface area (Å²) < 4.78 is 18.7. The van der Waals surface area contributed by atoms with E-state index in [1.807, 2.05) is 42.5 Å². The quantitative estimate of drug-likeness (QED) is 0.597. The molecule has 0 spiro atoms. The minimum absolute atomic E-state index is 0.213. The van der Waals surface area contributed by atoms with Crippen LogP contribution in [0, 0.1) is 5.82 Å². The Kier molecular flexibility index (Phi) is 6.14. The Bertz CT molecular complexity index is 1000. The van der Waals surface area contributed by atoms with Crippen molar-refractivity contribution in [2.75, 3.05) is 43.5 Å². The third-order valence-electron chi connectivity index (χ3n) is 5.31. The summed E-state index contributed by atoms with van der Waals surface area (Å²) in [5.41, 5.74) is 4.13. The molecule has 0 bridgehead atoms. The number of anilines is 2. The zero-order valence-electron chi connectivity index (χ0n) is 16.8. The molecule has 3 aromatic rings. The molecule has 30 heavy (non-hydrogen) atoms. The maximum Gasteiger partial charge on any atom is 0.173 e. The van der Waals surface area contributed by atoms with Gasteiger partial charge < -0.3 is 19.9 Å². The minimum Gasteiger partial charge on any atom is -0.495 e. The molecule has 0 unspecified atom stereocenters. The number of benzene rings is 3. The summed E-state index contributed by atoms with van der Waals surface area (Å²) in [6.45, 7) is 3.25. The van der Waals surface area contributed by atoms with Crippen LogP contribution in [0.25, 0.3) is 11.1 Å². The van der Waals surface area contributed by atoms with Gasteiger partial charge in [0.2, 0.25) is 0 Å². The molecule has 0 amide bonds. The average molecular weight is 422 g/mol. The second kappa shape index (κ2) is 9.13. The highest BCUT2D eigenvalue weighted by Crippen LogP contribution is 2.31. The lowest BCUT2D eigenvalue weighted by atomic mass is 10.0. The zero-order chi connectivity index (χ0) is 20.9. The van der Waals surface area contributed by atoms with E-state index in [4.69, 9.17) is 17.0 Å². The van der Waals surface area contributed by atoms with Crippen LogP contribution in [0.1, 0.15) is 0 Å².